The predicted octanol–water partition coefficient (Wildman–Crippen LogP) is 1.49. The van der Waals surface area contributed by atoms with Crippen molar-refractivity contribution in [3.8, 4) is 0 Å². The molecule has 0 radical (unpaired) electrons. The normalized spacial score (nSPS) is 18.6. The molecule has 0 aromatic heterocycles. The van der Waals surface area contributed by atoms with Gasteiger partial charge in [0, 0.05) is 11.3 Å². The third-order valence-corrected chi connectivity index (χ3v) is 3.87. The molecule has 1 heterocycles. The molecule has 1 aromatic carbocycles. The largest absolute Gasteiger partial charge is 0.480 e. The first-order valence-electron chi connectivity index (χ1n) is 5.53. The van der Waals surface area contributed by atoms with Crippen LogP contribution in [0.4, 0.5) is 8.78 Å². The van der Waals surface area contributed by atoms with Gasteiger partial charge in [0.25, 0.3) is 0 Å². The second-order valence-electron chi connectivity index (χ2n) is 4.11. The van der Waals surface area contributed by atoms with Gasteiger partial charge >= 0.3 is 5.97 Å². The lowest BCUT2D eigenvalue weighted by Gasteiger charge is -2.20. The van der Waals surface area contributed by atoms with Crippen LogP contribution in [0.3, 0.4) is 0 Å². The molecule has 102 valence electrons. The van der Waals surface area contributed by atoms with Gasteiger partial charge in [-0.15, -0.1) is 11.8 Å². The zero-order valence-electron chi connectivity index (χ0n) is 9.81. The molecule has 1 aliphatic heterocycles. The minimum atomic E-state index is -1.09. The Hall–Kier alpha value is -1.63. The minimum Gasteiger partial charge on any atom is -0.480 e. The molecule has 1 aromatic rings. The average Bonchev–Trinajstić information content (AvgIpc) is 2.84. The summed E-state index contributed by atoms with van der Waals surface area (Å²) in [7, 11) is 0. The number of hydrogen-bond acceptors (Lipinski definition) is 3. The van der Waals surface area contributed by atoms with E-state index in [9.17, 15) is 18.4 Å². The van der Waals surface area contributed by atoms with Crippen molar-refractivity contribution in [2.24, 2.45) is 0 Å². The Bertz CT molecular complexity index is 524. The van der Waals surface area contributed by atoms with Gasteiger partial charge in [-0.2, -0.15) is 0 Å². The maximum atomic E-state index is 13.4. The number of carboxylic acid groups (broad SMARTS) is 1. The van der Waals surface area contributed by atoms with Crippen molar-refractivity contribution in [1.29, 1.82) is 0 Å². The fourth-order valence-electron chi connectivity index (χ4n) is 1.84. The van der Waals surface area contributed by atoms with Gasteiger partial charge in [0.15, 0.2) is 11.6 Å². The summed E-state index contributed by atoms with van der Waals surface area (Å²) < 4.78 is 26.5. The molecule has 19 heavy (non-hydrogen) atoms. The topological polar surface area (TPSA) is 57.6 Å². The van der Waals surface area contributed by atoms with Crippen LogP contribution < -0.4 is 0 Å². The number of benzene rings is 1. The molecule has 0 spiro atoms. The first-order valence-corrected chi connectivity index (χ1v) is 6.69. The number of aliphatic carboxylic acids is 1. The number of rotatable bonds is 3. The van der Waals surface area contributed by atoms with E-state index in [2.05, 4.69) is 0 Å². The van der Waals surface area contributed by atoms with Gasteiger partial charge in [-0.3, -0.25) is 4.79 Å². The molecule has 4 nitrogen and oxygen atoms in total. The Balaban J connectivity index is 2.13. The maximum Gasteiger partial charge on any atom is 0.327 e. The number of carbonyl (C=O) groups excluding carboxylic acids is 1. The monoisotopic (exact) mass is 287 g/mol. The summed E-state index contributed by atoms with van der Waals surface area (Å²) in [5, 5.41) is 8.96. The van der Waals surface area contributed by atoms with Crippen molar-refractivity contribution in [1.82, 2.24) is 4.90 Å². The van der Waals surface area contributed by atoms with E-state index in [4.69, 9.17) is 5.11 Å². The lowest BCUT2D eigenvalue weighted by Crippen LogP contribution is -2.42. The highest BCUT2D eigenvalue weighted by molar-refractivity contribution is 7.99. The first kappa shape index (κ1) is 13.8. The number of amides is 1. The van der Waals surface area contributed by atoms with Gasteiger partial charge in [0.1, 0.15) is 6.04 Å². The summed E-state index contributed by atoms with van der Waals surface area (Å²) in [6.07, 6.45) is -0.339. The standard InChI is InChI=1S/C12H11F2NO3S/c13-8-3-1-2-7(11(8)14)4-10(16)15-6-19-5-9(15)12(17)18/h1-3,9H,4-6H2,(H,17,18). The second-order valence-corrected chi connectivity index (χ2v) is 5.11. The molecule has 1 atom stereocenters. The number of nitrogens with zero attached hydrogens (tertiary/aromatic N) is 1. The Morgan fingerprint density at radius 3 is 2.84 bits per heavy atom. The average molecular weight is 287 g/mol. The van der Waals surface area contributed by atoms with Crippen LogP contribution in [-0.2, 0) is 16.0 Å². The fraction of sp³-hybridized carbons (Fsp3) is 0.333. The van der Waals surface area contributed by atoms with E-state index in [-0.39, 0.29) is 17.9 Å². The number of halogens is 2. The zero-order valence-corrected chi connectivity index (χ0v) is 10.6. The summed E-state index contributed by atoms with van der Waals surface area (Å²) in [6, 6.07) is 2.70. The third kappa shape index (κ3) is 2.86. The first-order chi connectivity index (χ1) is 9.00. The Labute approximate surface area is 112 Å². The van der Waals surface area contributed by atoms with Crippen molar-refractivity contribution in [3.05, 3.63) is 35.4 Å². The molecule has 2 rings (SSSR count). The molecule has 7 heteroatoms. The van der Waals surface area contributed by atoms with E-state index in [1.807, 2.05) is 0 Å². The van der Waals surface area contributed by atoms with Crippen molar-refractivity contribution in [2.45, 2.75) is 12.5 Å². The van der Waals surface area contributed by atoms with Crippen LogP contribution in [0.1, 0.15) is 5.56 Å². The molecule has 0 bridgehead atoms. The van der Waals surface area contributed by atoms with Gasteiger partial charge in [0.05, 0.1) is 12.3 Å². The van der Waals surface area contributed by atoms with E-state index in [1.54, 1.807) is 0 Å². The van der Waals surface area contributed by atoms with E-state index in [0.29, 0.717) is 5.75 Å². The highest BCUT2D eigenvalue weighted by Gasteiger charge is 2.34. The van der Waals surface area contributed by atoms with Crippen LogP contribution in [0.15, 0.2) is 18.2 Å². The van der Waals surface area contributed by atoms with Gasteiger partial charge in [-0.1, -0.05) is 12.1 Å². The van der Waals surface area contributed by atoms with Gasteiger partial charge in [-0.25, -0.2) is 13.6 Å². The molecular weight excluding hydrogens is 276 g/mol. The molecule has 1 fully saturated rings. The predicted molar refractivity (Wildman–Crippen MR) is 65.7 cm³/mol. The summed E-state index contributed by atoms with van der Waals surface area (Å²) in [6.45, 7) is 0. The van der Waals surface area contributed by atoms with Crippen LogP contribution in [0.5, 0.6) is 0 Å². The summed E-state index contributed by atoms with van der Waals surface area (Å²) in [5.74, 6) is -3.11. The lowest BCUT2D eigenvalue weighted by atomic mass is 10.1. The van der Waals surface area contributed by atoms with Crippen molar-refractivity contribution in [3.63, 3.8) is 0 Å². The Morgan fingerprint density at radius 2 is 2.16 bits per heavy atom. The molecule has 0 aliphatic carbocycles. The van der Waals surface area contributed by atoms with Crippen molar-refractivity contribution in [2.75, 3.05) is 11.6 Å². The van der Waals surface area contributed by atoms with Gasteiger partial charge in [0.2, 0.25) is 5.91 Å². The highest BCUT2D eigenvalue weighted by Crippen LogP contribution is 2.22. The summed E-state index contributed by atoms with van der Waals surface area (Å²) in [4.78, 5) is 24.1. The van der Waals surface area contributed by atoms with Gasteiger partial charge < -0.3 is 10.0 Å². The molecule has 1 aliphatic rings. The van der Waals surface area contributed by atoms with Crippen molar-refractivity contribution < 1.29 is 23.5 Å². The molecule has 1 amide bonds. The van der Waals surface area contributed by atoms with Crippen LogP contribution in [-0.4, -0.2) is 39.6 Å². The lowest BCUT2D eigenvalue weighted by molar-refractivity contribution is -0.147. The second kappa shape index (κ2) is 5.56. The smallest absolute Gasteiger partial charge is 0.327 e. The Kier molecular flexibility index (Phi) is 4.04. The van der Waals surface area contributed by atoms with Crippen molar-refractivity contribution >= 4 is 23.6 Å². The van der Waals surface area contributed by atoms with Crippen LogP contribution in [0, 0.1) is 11.6 Å². The fourth-order valence-corrected chi connectivity index (χ4v) is 3.01. The zero-order chi connectivity index (χ0) is 14.0. The maximum absolute atomic E-state index is 13.4. The minimum absolute atomic E-state index is 0.0639. The number of thioether (sulfide) groups is 1. The van der Waals surface area contributed by atoms with E-state index in [1.165, 1.54) is 28.8 Å². The van der Waals surface area contributed by atoms with E-state index < -0.39 is 29.6 Å². The third-order valence-electron chi connectivity index (χ3n) is 2.86. The van der Waals surface area contributed by atoms with E-state index in [0.717, 1.165) is 6.07 Å². The number of carbonyl (C=O) groups is 2. The Morgan fingerprint density at radius 1 is 1.42 bits per heavy atom. The van der Waals surface area contributed by atoms with Crippen LogP contribution >= 0.6 is 11.8 Å². The molecule has 1 unspecified atom stereocenters. The molecule has 1 N–H and O–H groups in total. The van der Waals surface area contributed by atoms with Gasteiger partial charge in [-0.05, 0) is 6.07 Å². The van der Waals surface area contributed by atoms with Crippen LogP contribution in [0.25, 0.3) is 0 Å². The molecule has 0 saturated carbocycles. The summed E-state index contributed by atoms with van der Waals surface area (Å²) >= 11 is 1.32. The number of carboxylic acids is 1. The molecule has 1 saturated heterocycles. The summed E-state index contributed by atoms with van der Waals surface area (Å²) in [5.41, 5.74) is -0.0639. The molecular formula is C12H11F2NO3S. The van der Waals surface area contributed by atoms with E-state index >= 15 is 0 Å². The number of hydrogen-bond donors (Lipinski definition) is 1. The quantitative estimate of drug-likeness (QED) is 0.915. The SMILES string of the molecule is O=C(O)C1CSCN1C(=O)Cc1cccc(F)c1F. The highest BCUT2D eigenvalue weighted by atomic mass is 32.2. The van der Waals surface area contributed by atoms with Crippen LogP contribution in [0.2, 0.25) is 0 Å².